The van der Waals surface area contributed by atoms with E-state index in [1.54, 1.807) is 4.68 Å². The molecule has 0 radical (unpaired) electrons. The predicted octanol–water partition coefficient (Wildman–Crippen LogP) is 0.748. The average Bonchev–Trinajstić information content (AvgIpc) is 2.10. The maximum absolute atomic E-state index is 5.65. The van der Waals surface area contributed by atoms with Crippen LogP contribution in [-0.2, 0) is 7.05 Å². The van der Waals surface area contributed by atoms with E-state index in [2.05, 4.69) is 5.10 Å². The van der Waals surface area contributed by atoms with E-state index in [1.165, 1.54) is 0 Å². The SMILES string of the molecule is Cc1cn(C)nc1[C@@H](C)N. The van der Waals surface area contributed by atoms with E-state index in [9.17, 15) is 0 Å². The van der Waals surface area contributed by atoms with Gasteiger partial charge in [-0.2, -0.15) is 5.10 Å². The van der Waals surface area contributed by atoms with Gasteiger partial charge in [-0.1, -0.05) is 0 Å². The lowest BCUT2D eigenvalue weighted by atomic mass is 10.2. The van der Waals surface area contributed by atoms with Crippen LogP contribution in [0.2, 0.25) is 0 Å². The van der Waals surface area contributed by atoms with Gasteiger partial charge in [0.25, 0.3) is 0 Å². The summed E-state index contributed by atoms with van der Waals surface area (Å²) in [4.78, 5) is 0. The van der Waals surface area contributed by atoms with Crippen LogP contribution in [0.3, 0.4) is 0 Å². The summed E-state index contributed by atoms with van der Waals surface area (Å²) in [7, 11) is 1.90. The van der Waals surface area contributed by atoms with E-state index < -0.39 is 0 Å². The van der Waals surface area contributed by atoms with Gasteiger partial charge in [-0.15, -0.1) is 0 Å². The van der Waals surface area contributed by atoms with Gasteiger partial charge in [-0.3, -0.25) is 4.68 Å². The molecule has 3 heteroatoms. The molecule has 56 valence electrons. The third-order valence-electron chi connectivity index (χ3n) is 1.48. The fourth-order valence-electron chi connectivity index (χ4n) is 1.07. The Morgan fingerprint density at radius 3 is 2.50 bits per heavy atom. The van der Waals surface area contributed by atoms with Crippen LogP contribution in [0.15, 0.2) is 6.20 Å². The summed E-state index contributed by atoms with van der Waals surface area (Å²) < 4.78 is 1.79. The molecule has 0 aliphatic carbocycles. The molecule has 0 aliphatic heterocycles. The minimum absolute atomic E-state index is 0.0428. The largest absolute Gasteiger partial charge is 0.323 e. The lowest BCUT2D eigenvalue weighted by Crippen LogP contribution is -2.07. The molecule has 1 rings (SSSR count). The molecule has 0 unspecified atom stereocenters. The number of hydrogen-bond acceptors (Lipinski definition) is 2. The summed E-state index contributed by atoms with van der Waals surface area (Å²) in [5.74, 6) is 0. The van der Waals surface area contributed by atoms with Crippen LogP contribution in [0.1, 0.15) is 24.2 Å². The van der Waals surface area contributed by atoms with Crippen molar-refractivity contribution in [2.45, 2.75) is 19.9 Å². The molecule has 0 saturated heterocycles. The molecule has 0 saturated carbocycles. The quantitative estimate of drug-likeness (QED) is 0.624. The van der Waals surface area contributed by atoms with Gasteiger partial charge in [0, 0.05) is 19.3 Å². The number of nitrogens with two attached hydrogens (primary N) is 1. The molecule has 10 heavy (non-hydrogen) atoms. The Morgan fingerprint density at radius 2 is 2.30 bits per heavy atom. The average molecular weight is 139 g/mol. The standard InChI is InChI=1S/C7H13N3/c1-5-4-10(3)9-7(5)6(2)8/h4,6H,8H2,1-3H3/t6-/m1/s1. The molecule has 2 N–H and O–H groups in total. The normalized spacial score (nSPS) is 13.6. The first kappa shape index (κ1) is 7.28. The molecule has 1 aromatic rings. The predicted molar refractivity (Wildman–Crippen MR) is 40.5 cm³/mol. The van der Waals surface area contributed by atoms with Gasteiger partial charge in [-0.05, 0) is 19.4 Å². The van der Waals surface area contributed by atoms with Gasteiger partial charge in [0.1, 0.15) is 0 Å². The van der Waals surface area contributed by atoms with Crippen molar-refractivity contribution in [3.05, 3.63) is 17.5 Å². The van der Waals surface area contributed by atoms with Crippen molar-refractivity contribution < 1.29 is 0 Å². The summed E-state index contributed by atoms with van der Waals surface area (Å²) in [5.41, 5.74) is 7.80. The smallest absolute Gasteiger partial charge is 0.0817 e. The molecular formula is C7H13N3. The van der Waals surface area contributed by atoms with E-state index in [0.717, 1.165) is 11.3 Å². The molecule has 0 aliphatic rings. The van der Waals surface area contributed by atoms with E-state index in [1.807, 2.05) is 27.1 Å². The van der Waals surface area contributed by atoms with Crippen molar-refractivity contribution in [3.63, 3.8) is 0 Å². The lowest BCUT2D eigenvalue weighted by molar-refractivity contribution is 0.698. The lowest BCUT2D eigenvalue weighted by Gasteiger charge is -1.99. The van der Waals surface area contributed by atoms with Crippen LogP contribution in [-0.4, -0.2) is 9.78 Å². The molecule has 1 atom stereocenters. The third kappa shape index (κ3) is 1.19. The summed E-state index contributed by atoms with van der Waals surface area (Å²) in [6.45, 7) is 3.96. The summed E-state index contributed by atoms with van der Waals surface area (Å²) in [6, 6.07) is 0.0428. The Labute approximate surface area is 60.8 Å². The first-order valence-corrected chi connectivity index (χ1v) is 3.37. The van der Waals surface area contributed by atoms with Crippen LogP contribution in [0.5, 0.6) is 0 Å². The molecule has 0 bridgehead atoms. The monoisotopic (exact) mass is 139 g/mol. The fraction of sp³-hybridized carbons (Fsp3) is 0.571. The number of nitrogens with zero attached hydrogens (tertiary/aromatic N) is 2. The van der Waals surface area contributed by atoms with Crippen LogP contribution in [0, 0.1) is 6.92 Å². The Morgan fingerprint density at radius 1 is 1.70 bits per heavy atom. The summed E-state index contributed by atoms with van der Waals surface area (Å²) in [5, 5.41) is 4.20. The zero-order chi connectivity index (χ0) is 7.72. The highest BCUT2D eigenvalue weighted by molar-refractivity contribution is 5.17. The first-order chi connectivity index (χ1) is 4.61. The highest BCUT2D eigenvalue weighted by atomic mass is 15.3. The molecule has 3 nitrogen and oxygen atoms in total. The highest BCUT2D eigenvalue weighted by Gasteiger charge is 2.06. The molecule has 0 spiro atoms. The Kier molecular flexibility index (Phi) is 1.76. The van der Waals surface area contributed by atoms with Crippen molar-refractivity contribution in [3.8, 4) is 0 Å². The van der Waals surface area contributed by atoms with Crippen LogP contribution < -0.4 is 5.73 Å². The second-order valence-corrected chi connectivity index (χ2v) is 2.66. The molecule has 1 heterocycles. The topological polar surface area (TPSA) is 43.8 Å². The number of rotatable bonds is 1. The number of aromatic nitrogens is 2. The fourth-order valence-corrected chi connectivity index (χ4v) is 1.07. The second-order valence-electron chi connectivity index (χ2n) is 2.66. The summed E-state index contributed by atoms with van der Waals surface area (Å²) in [6.07, 6.45) is 1.97. The van der Waals surface area contributed by atoms with Crippen LogP contribution >= 0.6 is 0 Å². The van der Waals surface area contributed by atoms with E-state index in [-0.39, 0.29) is 6.04 Å². The second kappa shape index (κ2) is 2.42. The molecule has 0 aromatic carbocycles. The van der Waals surface area contributed by atoms with Crippen molar-refractivity contribution in [1.29, 1.82) is 0 Å². The highest BCUT2D eigenvalue weighted by Crippen LogP contribution is 2.10. The maximum atomic E-state index is 5.65. The van der Waals surface area contributed by atoms with E-state index in [4.69, 9.17) is 5.73 Å². The van der Waals surface area contributed by atoms with Crippen molar-refractivity contribution >= 4 is 0 Å². The van der Waals surface area contributed by atoms with E-state index in [0.29, 0.717) is 0 Å². The van der Waals surface area contributed by atoms with Crippen molar-refractivity contribution in [2.24, 2.45) is 12.8 Å². The van der Waals surface area contributed by atoms with Gasteiger partial charge in [0.15, 0.2) is 0 Å². The zero-order valence-electron chi connectivity index (χ0n) is 6.63. The van der Waals surface area contributed by atoms with Crippen LogP contribution in [0.4, 0.5) is 0 Å². The molecule has 1 aromatic heterocycles. The molecule has 0 amide bonds. The maximum Gasteiger partial charge on any atom is 0.0817 e. The Hall–Kier alpha value is -0.830. The van der Waals surface area contributed by atoms with E-state index >= 15 is 0 Å². The van der Waals surface area contributed by atoms with Gasteiger partial charge in [-0.25, -0.2) is 0 Å². The first-order valence-electron chi connectivity index (χ1n) is 3.37. The summed E-state index contributed by atoms with van der Waals surface area (Å²) >= 11 is 0. The van der Waals surface area contributed by atoms with Gasteiger partial charge < -0.3 is 5.73 Å². The van der Waals surface area contributed by atoms with Crippen LogP contribution in [0.25, 0.3) is 0 Å². The van der Waals surface area contributed by atoms with Crippen molar-refractivity contribution in [1.82, 2.24) is 9.78 Å². The van der Waals surface area contributed by atoms with Gasteiger partial charge >= 0.3 is 0 Å². The molecular weight excluding hydrogens is 126 g/mol. The Bertz CT molecular complexity index is 225. The minimum atomic E-state index is 0.0428. The minimum Gasteiger partial charge on any atom is -0.323 e. The van der Waals surface area contributed by atoms with Crippen molar-refractivity contribution in [2.75, 3.05) is 0 Å². The zero-order valence-corrected chi connectivity index (χ0v) is 6.63. The Balaban J connectivity index is 3.03. The number of aryl methyl sites for hydroxylation is 2. The third-order valence-corrected chi connectivity index (χ3v) is 1.48. The molecule has 0 fully saturated rings. The van der Waals surface area contributed by atoms with Gasteiger partial charge in [0.2, 0.25) is 0 Å². The van der Waals surface area contributed by atoms with Gasteiger partial charge in [0.05, 0.1) is 5.69 Å². The number of hydrogen-bond donors (Lipinski definition) is 1.